The number of hydrogen-bond donors (Lipinski definition) is 3. The van der Waals surface area contributed by atoms with Crippen molar-refractivity contribution in [2.24, 2.45) is 29.4 Å². The van der Waals surface area contributed by atoms with Gasteiger partial charge in [-0.3, -0.25) is 0 Å². The summed E-state index contributed by atoms with van der Waals surface area (Å²) in [6, 6.07) is 0.363. The highest BCUT2D eigenvalue weighted by Gasteiger charge is 2.42. The van der Waals surface area contributed by atoms with E-state index >= 15 is 0 Å². The maximum Gasteiger partial charge on any atom is 0.315 e. The number of ether oxygens (including phenoxy) is 1. The van der Waals surface area contributed by atoms with Crippen molar-refractivity contribution >= 4 is 6.03 Å². The summed E-state index contributed by atoms with van der Waals surface area (Å²) in [5.74, 6) is 3.01. The van der Waals surface area contributed by atoms with Crippen LogP contribution in [0.25, 0.3) is 0 Å². The van der Waals surface area contributed by atoms with E-state index in [-0.39, 0.29) is 6.03 Å². The van der Waals surface area contributed by atoms with E-state index in [1.54, 1.807) is 0 Å². The molecule has 0 aromatic rings. The average Bonchev–Trinajstić information content (AvgIpc) is 3.34. The van der Waals surface area contributed by atoms with Crippen molar-refractivity contribution in [2.45, 2.75) is 51.0 Å². The number of urea groups is 1. The normalized spacial score (nSPS) is 35.9. The first-order valence-corrected chi connectivity index (χ1v) is 9.08. The topological polar surface area (TPSA) is 76.4 Å². The summed E-state index contributed by atoms with van der Waals surface area (Å²) in [7, 11) is 0. The molecule has 1 heterocycles. The highest BCUT2D eigenvalue weighted by molar-refractivity contribution is 5.74. The Hall–Kier alpha value is -0.810. The number of rotatable bonds is 5. The zero-order chi connectivity index (χ0) is 15.4. The molecule has 22 heavy (non-hydrogen) atoms. The smallest absolute Gasteiger partial charge is 0.315 e. The van der Waals surface area contributed by atoms with Gasteiger partial charge in [-0.15, -0.1) is 0 Å². The van der Waals surface area contributed by atoms with Crippen LogP contribution in [-0.4, -0.2) is 38.4 Å². The van der Waals surface area contributed by atoms with Crippen molar-refractivity contribution in [2.75, 3.05) is 26.3 Å². The van der Waals surface area contributed by atoms with Crippen LogP contribution in [0.3, 0.4) is 0 Å². The number of hydrogen-bond acceptors (Lipinski definition) is 3. The van der Waals surface area contributed by atoms with Crippen LogP contribution in [0.2, 0.25) is 0 Å². The van der Waals surface area contributed by atoms with Crippen molar-refractivity contribution in [3.63, 3.8) is 0 Å². The molecule has 2 amide bonds. The summed E-state index contributed by atoms with van der Waals surface area (Å²) >= 11 is 0. The molecule has 3 aliphatic rings. The minimum atomic E-state index is 0.0221. The van der Waals surface area contributed by atoms with Crippen molar-refractivity contribution < 1.29 is 9.53 Å². The third kappa shape index (κ3) is 4.35. The van der Waals surface area contributed by atoms with Crippen LogP contribution in [0.5, 0.6) is 0 Å². The van der Waals surface area contributed by atoms with Gasteiger partial charge in [0, 0.05) is 25.8 Å². The lowest BCUT2D eigenvalue weighted by Crippen LogP contribution is -2.44. The molecule has 1 saturated heterocycles. The molecule has 0 bridgehead atoms. The van der Waals surface area contributed by atoms with Crippen molar-refractivity contribution in [3.05, 3.63) is 0 Å². The van der Waals surface area contributed by atoms with Gasteiger partial charge in [0.2, 0.25) is 0 Å². The van der Waals surface area contributed by atoms with Crippen LogP contribution < -0.4 is 16.4 Å². The number of carbonyl (C=O) groups is 1. The molecular weight excluding hydrogens is 278 g/mol. The second kappa shape index (κ2) is 7.64. The fourth-order valence-electron chi connectivity index (χ4n) is 4.23. The van der Waals surface area contributed by atoms with E-state index < -0.39 is 0 Å². The molecule has 0 spiro atoms. The summed E-state index contributed by atoms with van der Waals surface area (Å²) in [5, 5.41) is 6.21. The van der Waals surface area contributed by atoms with Crippen LogP contribution in [0.1, 0.15) is 44.9 Å². The van der Waals surface area contributed by atoms with E-state index in [0.29, 0.717) is 17.9 Å². The molecule has 3 fully saturated rings. The Balaban J connectivity index is 1.29. The third-order valence-corrected chi connectivity index (χ3v) is 5.89. The predicted octanol–water partition coefficient (Wildman–Crippen LogP) is 1.87. The molecule has 126 valence electrons. The van der Waals surface area contributed by atoms with Gasteiger partial charge in [0.1, 0.15) is 0 Å². The fraction of sp³-hybridized carbons (Fsp3) is 0.941. The molecule has 5 nitrogen and oxygen atoms in total. The zero-order valence-electron chi connectivity index (χ0n) is 13.6. The van der Waals surface area contributed by atoms with Gasteiger partial charge in [-0.1, -0.05) is 0 Å². The Kier molecular flexibility index (Phi) is 5.58. The van der Waals surface area contributed by atoms with Crippen LogP contribution in [0.15, 0.2) is 0 Å². The summed E-state index contributed by atoms with van der Waals surface area (Å²) in [4.78, 5) is 12.0. The lowest BCUT2D eigenvalue weighted by atomic mass is 9.86. The van der Waals surface area contributed by atoms with E-state index in [9.17, 15) is 4.79 Å². The van der Waals surface area contributed by atoms with E-state index in [1.165, 1.54) is 19.3 Å². The summed E-state index contributed by atoms with van der Waals surface area (Å²) in [5.41, 5.74) is 5.70. The Labute approximate surface area is 133 Å². The molecule has 0 radical (unpaired) electrons. The quantitative estimate of drug-likeness (QED) is 0.725. The first kappa shape index (κ1) is 16.1. The van der Waals surface area contributed by atoms with E-state index in [1.807, 2.05) is 0 Å². The standard InChI is InChI=1S/C17H31N3O2/c18-10-12-1-3-15(4-2-12)20-17(21)19-11-14-9-16(14)13-5-7-22-8-6-13/h12-16H,1-11,18H2,(H2,19,20,21)/t12?,14-,15?,16-/m0/s1. The molecule has 0 unspecified atom stereocenters. The number of carbonyl (C=O) groups excluding carboxylic acids is 1. The molecular formula is C17H31N3O2. The minimum Gasteiger partial charge on any atom is -0.381 e. The van der Waals surface area contributed by atoms with Crippen molar-refractivity contribution in [1.82, 2.24) is 10.6 Å². The second-order valence-electron chi connectivity index (χ2n) is 7.42. The second-order valence-corrected chi connectivity index (χ2v) is 7.42. The molecule has 5 heteroatoms. The molecule has 2 saturated carbocycles. The van der Waals surface area contributed by atoms with Crippen LogP contribution in [0.4, 0.5) is 4.79 Å². The molecule has 4 N–H and O–H groups in total. The Morgan fingerprint density at radius 3 is 2.50 bits per heavy atom. The Morgan fingerprint density at radius 1 is 1.09 bits per heavy atom. The molecule has 2 aliphatic carbocycles. The third-order valence-electron chi connectivity index (χ3n) is 5.89. The van der Waals surface area contributed by atoms with E-state index in [4.69, 9.17) is 10.5 Å². The largest absolute Gasteiger partial charge is 0.381 e. The molecule has 1 aliphatic heterocycles. The van der Waals surface area contributed by atoms with E-state index in [0.717, 1.165) is 63.8 Å². The molecule has 2 atom stereocenters. The number of nitrogens with two attached hydrogens (primary N) is 1. The predicted molar refractivity (Wildman–Crippen MR) is 86.5 cm³/mol. The van der Waals surface area contributed by atoms with Gasteiger partial charge in [0.25, 0.3) is 0 Å². The average molecular weight is 309 g/mol. The summed E-state index contributed by atoms with van der Waals surface area (Å²) < 4.78 is 5.42. The van der Waals surface area contributed by atoms with Crippen LogP contribution in [0, 0.1) is 23.7 Å². The van der Waals surface area contributed by atoms with Crippen LogP contribution in [-0.2, 0) is 4.74 Å². The van der Waals surface area contributed by atoms with E-state index in [2.05, 4.69) is 10.6 Å². The van der Waals surface area contributed by atoms with Gasteiger partial charge >= 0.3 is 6.03 Å². The highest BCUT2D eigenvalue weighted by atomic mass is 16.5. The van der Waals surface area contributed by atoms with Crippen LogP contribution >= 0.6 is 0 Å². The van der Waals surface area contributed by atoms with Gasteiger partial charge in [-0.05, 0) is 75.2 Å². The number of amides is 2. The van der Waals surface area contributed by atoms with Gasteiger partial charge in [0.05, 0.1) is 0 Å². The first-order valence-electron chi connectivity index (χ1n) is 9.08. The van der Waals surface area contributed by atoms with Gasteiger partial charge < -0.3 is 21.1 Å². The summed E-state index contributed by atoms with van der Waals surface area (Å²) in [6.45, 7) is 3.47. The lowest BCUT2D eigenvalue weighted by Gasteiger charge is -2.28. The van der Waals surface area contributed by atoms with Gasteiger partial charge in [0.15, 0.2) is 0 Å². The molecule has 0 aromatic carbocycles. The zero-order valence-corrected chi connectivity index (χ0v) is 13.6. The van der Waals surface area contributed by atoms with Crippen molar-refractivity contribution in [1.29, 1.82) is 0 Å². The first-order chi connectivity index (χ1) is 10.8. The van der Waals surface area contributed by atoms with Gasteiger partial charge in [-0.25, -0.2) is 4.79 Å². The maximum atomic E-state index is 12.0. The molecule has 0 aromatic heterocycles. The monoisotopic (exact) mass is 309 g/mol. The molecule has 3 rings (SSSR count). The highest BCUT2D eigenvalue weighted by Crippen LogP contribution is 2.47. The summed E-state index contributed by atoms with van der Waals surface area (Å²) in [6.07, 6.45) is 8.14. The fourth-order valence-corrected chi connectivity index (χ4v) is 4.23. The number of nitrogens with one attached hydrogen (secondary N) is 2. The van der Waals surface area contributed by atoms with Crippen molar-refractivity contribution in [3.8, 4) is 0 Å². The van der Waals surface area contributed by atoms with Gasteiger partial charge in [-0.2, -0.15) is 0 Å². The maximum absolute atomic E-state index is 12.0. The lowest BCUT2D eigenvalue weighted by molar-refractivity contribution is 0.0582. The Morgan fingerprint density at radius 2 is 1.82 bits per heavy atom. The SMILES string of the molecule is NCC1CCC(NC(=O)NC[C@@H]2C[C@H]2C2CCOCC2)CC1. The minimum absolute atomic E-state index is 0.0221. The Bertz CT molecular complexity index is 363.